The van der Waals surface area contributed by atoms with Gasteiger partial charge < -0.3 is 10.6 Å². The highest BCUT2D eigenvalue weighted by Crippen LogP contribution is 2.41. The van der Waals surface area contributed by atoms with Crippen molar-refractivity contribution in [2.45, 2.75) is 19.9 Å². The quantitative estimate of drug-likeness (QED) is 0.148. The number of anilines is 3. The Labute approximate surface area is 290 Å². The summed E-state index contributed by atoms with van der Waals surface area (Å²) in [5.41, 5.74) is 14.1. The number of nitrogens with one attached hydrogen (secondary N) is 2. The summed E-state index contributed by atoms with van der Waals surface area (Å²) in [6, 6.07) is 58.1. The van der Waals surface area contributed by atoms with E-state index < -0.39 is 0 Å². The van der Waals surface area contributed by atoms with E-state index in [2.05, 4.69) is 194 Å². The molecule has 0 aliphatic carbocycles. The molecule has 0 bridgehead atoms. The minimum Gasteiger partial charge on any atom is -0.379 e. The Hall–Kier alpha value is -6.12. The molecule has 0 saturated heterocycles. The number of fused-ring (bicyclic) bond motifs is 1. The molecule has 7 aromatic carbocycles. The molecular weight excluding hydrogens is 593 g/mol. The number of benzene rings is 7. The van der Waals surface area contributed by atoms with Crippen LogP contribution in [0.4, 0.5) is 17.1 Å². The third-order valence-corrected chi connectivity index (χ3v) is 9.18. The Morgan fingerprint density at radius 3 is 1.71 bits per heavy atom. The lowest BCUT2D eigenvalue weighted by Crippen LogP contribution is -2.06. The van der Waals surface area contributed by atoms with Crippen LogP contribution in [0.5, 0.6) is 0 Å². The summed E-state index contributed by atoms with van der Waals surface area (Å²) in [6.45, 7) is 7.07. The number of rotatable bonds is 11. The molecule has 238 valence electrons. The maximum Gasteiger partial charge on any atom is 0.0665 e. The maximum atomic E-state index is 4.16. The molecule has 0 aliphatic heterocycles. The fourth-order valence-corrected chi connectivity index (χ4v) is 6.57. The molecule has 0 heterocycles. The summed E-state index contributed by atoms with van der Waals surface area (Å²) in [5, 5.41) is 9.91. The second kappa shape index (κ2) is 14.8. The lowest BCUT2D eigenvalue weighted by atomic mass is 9.94. The molecule has 0 aliphatic rings. The third-order valence-electron chi connectivity index (χ3n) is 9.18. The van der Waals surface area contributed by atoms with Crippen molar-refractivity contribution in [2.75, 3.05) is 10.6 Å². The lowest BCUT2D eigenvalue weighted by molar-refractivity contribution is 1.15. The van der Waals surface area contributed by atoms with Gasteiger partial charge in [0.25, 0.3) is 0 Å². The van der Waals surface area contributed by atoms with Crippen LogP contribution >= 0.6 is 0 Å². The van der Waals surface area contributed by atoms with E-state index >= 15 is 0 Å². The second-order valence-electron chi connectivity index (χ2n) is 12.3. The molecule has 2 nitrogen and oxygen atoms in total. The summed E-state index contributed by atoms with van der Waals surface area (Å²) in [6.07, 6.45) is 5.20. The van der Waals surface area contributed by atoms with Crippen molar-refractivity contribution in [3.8, 4) is 11.1 Å². The minimum atomic E-state index is 0.731. The third kappa shape index (κ3) is 7.10. The summed E-state index contributed by atoms with van der Waals surface area (Å²) >= 11 is 0. The number of allylic oxidation sites excluding steroid dienone is 1. The molecule has 0 fully saturated rings. The van der Waals surface area contributed by atoms with Crippen molar-refractivity contribution >= 4 is 39.5 Å². The van der Waals surface area contributed by atoms with Gasteiger partial charge >= 0.3 is 0 Å². The van der Waals surface area contributed by atoms with Gasteiger partial charge in [-0.25, -0.2) is 0 Å². The Kier molecular flexibility index (Phi) is 9.48. The van der Waals surface area contributed by atoms with Crippen molar-refractivity contribution < 1.29 is 0 Å². The molecule has 0 radical (unpaired) electrons. The van der Waals surface area contributed by atoms with Gasteiger partial charge in [0.15, 0.2) is 0 Å². The fraction of sp³-hybridized carbons (Fsp3) is 0.0638. The summed E-state index contributed by atoms with van der Waals surface area (Å²) in [7, 11) is 0. The lowest BCUT2D eigenvalue weighted by Gasteiger charge is -2.22. The van der Waals surface area contributed by atoms with Gasteiger partial charge in [-0.05, 0) is 80.9 Å². The molecule has 0 atom stereocenters. The normalized spacial score (nSPS) is 11.3. The fourth-order valence-electron chi connectivity index (χ4n) is 6.57. The van der Waals surface area contributed by atoms with E-state index in [9.17, 15) is 0 Å². The molecule has 0 amide bonds. The molecule has 0 aromatic heterocycles. The van der Waals surface area contributed by atoms with Crippen molar-refractivity contribution in [1.82, 2.24) is 0 Å². The molecular formula is C47H40N2. The first kappa shape index (κ1) is 31.5. The van der Waals surface area contributed by atoms with Crippen LogP contribution in [0, 0.1) is 6.92 Å². The Morgan fingerprint density at radius 1 is 0.551 bits per heavy atom. The smallest absolute Gasteiger partial charge is 0.0665 e. The van der Waals surface area contributed by atoms with Crippen molar-refractivity contribution in [1.29, 1.82) is 0 Å². The zero-order valence-electron chi connectivity index (χ0n) is 27.9. The first-order valence-corrected chi connectivity index (χ1v) is 16.9. The molecule has 7 aromatic rings. The van der Waals surface area contributed by atoms with Crippen LogP contribution in [0.3, 0.4) is 0 Å². The summed E-state index contributed by atoms with van der Waals surface area (Å²) in [4.78, 5) is 0. The minimum absolute atomic E-state index is 0.731. The van der Waals surface area contributed by atoms with Gasteiger partial charge in [0.05, 0.1) is 11.4 Å². The van der Waals surface area contributed by atoms with Gasteiger partial charge in [-0.2, -0.15) is 0 Å². The van der Waals surface area contributed by atoms with Crippen LogP contribution in [-0.2, 0) is 13.0 Å². The van der Waals surface area contributed by atoms with Crippen LogP contribution in [0.15, 0.2) is 176 Å². The standard InChI is InChI=1S/C47H40N2/c1-3-42-34(2)46(47(45-22-14-13-21-44(42)45)48-33-36-17-9-5-10-18-36)49-41-30-28-38(29-31-41)37-24-26-40(27-25-37)43(39-19-11-6-12-20-39)32-23-35-15-7-4-8-16-35/h3-22,24-32,48-49H,1,23,33H2,2H3/b43-32+. The maximum absolute atomic E-state index is 4.16. The zero-order valence-corrected chi connectivity index (χ0v) is 27.9. The van der Waals surface area contributed by atoms with Crippen molar-refractivity contribution in [2.24, 2.45) is 0 Å². The highest BCUT2D eigenvalue weighted by atomic mass is 15.0. The molecule has 0 unspecified atom stereocenters. The topological polar surface area (TPSA) is 24.1 Å². The largest absolute Gasteiger partial charge is 0.379 e. The van der Waals surface area contributed by atoms with E-state index in [1.807, 2.05) is 6.08 Å². The summed E-state index contributed by atoms with van der Waals surface area (Å²) in [5.74, 6) is 0. The van der Waals surface area contributed by atoms with Crippen LogP contribution < -0.4 is 10.6 Å². The van der Waals surface area contributed by atoms with Crippen molar-refractivity contribution in [3.63, 3.8) is 0 Å². The van der Waals surface area contributed by atoms with Gasteiger partial charge in [0.2, 0.25) is 0 Å². The van der Waals surface area contributed by atoms with E-state index in [1.165, 1.54) is 55.3 Å². The van der Waals surface area contributed by atoms with Crippen molar-refractivity contribution in [3.05, 3.63) is 210 Å². The van der Waals surface area contributed by atoms with E-state index in [0.717, 1.165) is 35.6 Å². The van der Waals surface area contributed by atoms with Gasteiger partial charge in [0, 0.05) is 17.6 Å². The average molecular weight is 633 g/mol. The Morgan fingerprint density at radius 2 is 1.08 bits per heavy atom. The first-order chi connectivity index (χ1) is 24.2. The molecule has 2 heteroatoms. The highest BCUT2D eigenvalue weighted by molar-refractivity contribution is 6.07. The van der Waals surface area contributed by atoms with E-state index in [1.54, 1.807) is 0 Å². The van der Waals surface area contributed by atoms with Gasteiger partial charge in [-0.1, -0.05) is 170 Å². The monoisotopic (exact) mass is 632 g/mol. The Balaban J connectivity index is 1.16. The molecule has 49 heavy (non-hydrogen) atoms. The van der Waals surface area contributed by atoms with Gasteiger partial charge in [-0.15, -0.1) is 0 Å². The molecule has 7 rings (SSSR count). The van der Waals surface area contributed by atoms with Crippen LogP contribution in [0.2, 0.25) is 0 Å². The average Bonchev–Trinajstić information content (AvgIpc) is 3.17. The second-order valence-corrected chi connectivity index (χ2v) is 12.3. The molecule has 2 N–H and O–H groups in total. The molecule has 0 spiro atoms. The predicted molar refractivity (Wildman–Crippen MR) is 211 cm³/mol. The van der Waals surface area contributed by atoms with E-state index in [0.29, 0.717) is 0 Å². The first-order valence-electron chi connectivity index (χ1n) is 16.9. The van der Waals surface area contributed by atoms with Crippen LogP contribution in [0.1, 0.15) is 33.4 Å². The molecule has 0 saturated carbocycles. The van der Waals surface area contributed by atoms with Crippen LogP contribution in [-0.4, -0.2) is 0 Å². The van der Waals surface area contributed by atoms with E-state index in [-0.39, 0.29) is 0 Å². The van der Waals surface area contributed by atoms with E-state index in [4.69, 9.17) is 0 Å². The SMILES string of the molecule is C=Cc1c(C)c(Nc2ccc(-c3ccc(/C(=C/Cc4ccccc4)c4ccccc4)cc3)cc2)c(NCc2ccccc2)c2ccccc12. The zero-order chi connectivity index (χ0) is 33.4. The number of hydrogen-bond acceptors (Lipinski definition) is 2. The summed E-state index contributed by atoms with van der Waals surface area (Å²) < 4.78 is 0. The highest BCUT2D eigenvalue weighted by Gasteiger charge is 2.16. The van der Waals surface area contributed by atoms with Gasteiger partial charge in [-0.3, -0.25) is 0 Å². The van der Waals surface area contributed by atoms with Gasteiger partial charge in [0.1, 0.15) is 0 Å². The predicted octanol–water partition coefficient (Wildman–Crippen LogP) is 12.5. The van der Waals surface area contributed by atoms with Crippen LogP contribution in [0.25, 0.3) is 33.5 Å². The Bertz CT molecular complexity index is 2200. The number of hydrogen-bond donors (Lipinski definition) is 2.